The van der Waals surface area contributed by atoms with Crippen molar-refractivity contribution in [1.29, 1.82) is 0 Å². The molecule has 2 aromatic carbocycles. The summed E-state index contributed by atoms with van der Waals surface area (Å²) < 4.78 is 13.0. The van der Waals surface area contributed by atoms with Crippen molar-refractivity contribution < 1.29 is 14.0 Å². The molecule has 1 fully saturated rings. The van der Waals surface area contributed by atoms with Crippen LogP contribution in [0, 0.1) is 5.82 Å². The number of nitrogens with zero attached hydrogens (tertiary/aromatic N) is 3. The zero-order valence-electron chi connectivity index (χ0n) is 16.2. The van der Waals surface area contributed by atoms with Crippen LogP contribution in [0.15, 0.2) is 54.6 Å². The third-order valence-corrected chi connectivity index (χ3v) is 5.11. The lowest BCUT2D eigenvalue weighted by Gasteiger charge is -2.37. The lowest BCUT2D eigenvalue weighted by atomic mass is 10.1. The van der Waals surface area contributed by atoms with Gasteiger partial charge in [0.2, 0.25) is 11.8 Å². The van der Waals surface area contributed by atoms with Gasteiger partial charge in [0.1, 0.15) is 5.82 Å². The van der Waals surface area contributed by atoms with Gasteiger partial charge in [0.25, 0.3) is 0 Å². The third kappa shape index (κ3) is 5.31. The topological polar surface area (TPSA) is 43.9 Å². The number of benzene rings is 2. The zero-order valence-corrected chi connectivity index (χ0v) is 16.2. The predicted molar refractivity (Wildman–Crippen MR) is 108 cm³/mol. The monoisotopic (exact) mass is 383 g/mol. The normalized spacial score (nSPS) is 14.1. The molecule has 0 N–H and O–H groups in total. The van der Waals surface area contributed by atoms with E-state index in [9.17, 15) is 14.0 Å². The average Bonchev–Trinajstić information content (AvgIpc) is 2.72. The number of hydrogen-bond acceptors (Lipinski definition) is 3. The summed E-state index contributed by atoms with van der Waals surface area (Å²) in [7, 11) is 0. The summed E-state index contributed by atoms with van der Waals surface area (Å²) in [6.07, 6.45) is 0.592. The van der Waals surface area contributed by atoms with Gasteiger partial charge in [-0.05, 0) is 36.2 Å². The Kier molecular flexibility index (Phi) is 6.63. The summed E-state index contributed by atoms with van der Waals surface area (Å²) in [4.78, 5) is 30.3. The lowest BCUT2D eigenvalue weighted by molar-refractivity contribution is -0.139. The van der Waals surface area contributed by atoms with Crippen molar-refractivity contribution in [2.45, 2.75) is 13.3 Å². The molecule has 1 heterocycles. The van der Waals surface area contributed by atoms with Crippen LogP contribution in [0.3, 0.4) is 0 Å². The van der Waals surface area contributed by atoms with Crippen molar-refractivity contribution in [2.75, 3.05) is 44.2 Å². The highest BCUT2D eigenvalue weighted by atomic mass is 19.1. The van der Waals surface area contributed by atoms with Gasteiger partial charge < -0.3 is 14.7 Å². The summed E-state index contributed by atoms with van der Waals surface area (Å²) in [6, 6.07) is 16.4. The molecule has 0 saturated carbocycles. The van der Waals surface area contributed by atoms with Gasteiger partial charge >= 0.3 is 0 Å². The summed E-state index contributed by atoms with van der Waals surface area (Å²) >= 11 is 0. The maximum absolute atomic E-state index is 13.0. The van der Waals surface area contributed by atoms with Gasteiger partial charge in [-0.1, -0.05) is 30.3 Å². The molecule has 0 radical (unpaired) electrons. The molecule has 0 unspecified atom stereocenters. The molecule has 0 aromatic heterocycles. The highest BCUT2D eigenvalue weighted by Gasteiger charge is 2.23. The van der Waals surface area contributed by atoms with Crippen LogP contribution in [-0.2, 0) is 16.0 Å². The second kappa shape index (κ2) is 9.35. The van der Waals surface area contributed by atoms with Crippen molar-refractivity contribution in [3.8, 4) is 0 Å². The van der Waals surface area contributed by atoms with E-state index in [0.717, 1.165) is 18.7 Å². The quantitative estimate of drug-likeness (QED) is 0.770. The number of carbonyl (C=O) groups excluding carboxylic acids is 2. The van der Waals surface area contributed by atoms with Crippen LogP contribution < -0.4 is 4.90 Å². The molecule has 1 aliphatic heterocycles. The van der Waals surface area contributed by atoms with Crippen LogP contribution in [0.25, 0.3) is 0 Å². The molecule has 5 nitrogen and oxygen atoms in total. The van der Waals surface area contributed by atoms with Crippen molar-refractivity contribution in [3.63, 3.8) is 0 Å². The Morgan fingerprint density at radius 3 is 2.21 bits per heavy atom. The second-order valence-corrected chi connectivity index (χ2v) is 7.02. The molecule has 0 bridgehead atoms. The van der Waals surface area contributed by atoms with Crippen molar-refractivity contribution in [1.82, 2.24) is 9.80 Å². The SMILES string of the molecule is CC(=O)N(CCc1ccc(F)cc1)CC(=O)N1CCN(c2ccccc2)CC1. The van der Waals surface area contributed by atoms with Crippen molar-refractivity contribution in [2.24, 2.45) is 0 Å². The minimum absolute atomic E-state index is 0.0259. The Morgan fingerprint density at radius 2 is 1.61 bits per heavy atom. The van der Waals surface area contributed by atoms with Gasteiger partial charge in [0, 0.05) is 45.3 Å². The maximum Gasteiger partial charge on any atom is 0.242 e. The molecule has 2 amide bonds. The molecule has 0 spiro atoms. The first kappa shape index (κ1) is 19.9. The van der Waals surface area contributed by atoms with Crippen LogP contribution in [-0.4, -0.2) is 60.9 Å². The number of halogens is 1. The fourth-order valence-electron chi connectivity index (χ4n) is 3.38. The molecular weight excluding hydrogens is 357 g/mol. The van der Waals surface area contributed by atoms with E-state index in [-0.39, 0.29) is 24.2 Å². The fraction of sp³-hybridized carbons (Fsp3) is 0.364. The van der Waals surface area contributed by atoms with Gasteiger partial charge in [-0.3, -0.25) is 9.59 Å². The molecule has 1 aliphatic rings. The van der Waals surface area contributed by atoms with Gasteiger partial charge in [-0.25, -0.2) is 4.39 Å². The minimum atomic E-state index is -0.281. The van der Waals surface area contributed by atoms with E-state index >= 15 is 0 Å². The summed E-state index contributed by atoms with van der Waals surface area (Å²) in [6.45, 7) is 4.87. The largest absolute Gasteiger partial charge is 0.368 e. The van der Waals surface area contributed by atoms with Crippen molar-refractivity contribution >= 4 is 17.5 Å². The second-order valence-electron chi connectivity index (χ2n) is 7.02. The van der Waals surface area contributed by atoms with Gasteiger partial charge in [0.15, 0.2) is 0 Å². The van der Waals surface area contributed by atoms with Gasteiger partial charge in [-0.2, -0.15) is 0 Å². The number of amides is 2. The lowest BCUT2D eigenvalue weighted by Crippen LogP contribution is -2.52. The van der Waals surface area contributed by atoms with E-state index < -0.39 is 0 Å². The van der Waals surface area contributed by atoms with E-state index in [1.807, 2.05) is 23.1 Å². The number of para-hydroxylation sites is 1. The Hall–Kier alpha value is -2.89. The molecule has 2 aromatic rings. The summed E-state index contributed by atoms with van der Waals surface area (Å²) in [5.74, 6) is -0.433. The van der Waals surface area contributed by atoms with Crippen LogP contribution in [0.5, 0.6) is 0 Å². The smallest absolute Gasteiger partial charge is 0.242 e. The Bertz CT molecular complexity index is 787. The molecule has 0 aliphatic carbocycles. The van der Waals surface area contributed by atoms with E-state index in [1.165, 1.54) is 24.7 Å². The highest BCUT2D eigenvalue weighted by molar-refractivity contribution is 5.84. The summed E-state index contributed by atoms with van der Waals surface area (Å²) in [5.41, 5.74) is 2.11. The van der Waals surface area contributed by atoms with E-state index in [4.69, 9.17) is 0 Å². The maximum atomic E-state index is 13.0. The molecule has 0 atom stereocenters. The number of anilines is 1. The molecular formula is C22H26FN3O2. The number of hydrogen-bond donors (Lipinski definition) is 0. The fourth-order valence-corrected chi connectivity index (χ4v) is 3.38. The highest BCUT2D eigenvalue weighted by Crippen LogP contribution is 2.15. The minimum Gasteiger partial charge on any atom is -0.368 e. The Labute approximate surface area is 165 Å². The third-order valence-electron chi connectivity index (χ3n) is 5.11. The average molecular weight is 383 g/mol. The Morgan fingerprint density at radius 1 is 0.964 bits per heavy atom. The Balaban J connectivity index is 1.50. The first-order valence-corrected chi connectivity index (χ1v) is 9.60. The molecule has 28 heavy (non-hydrogen) atoms. The van der Waals surface area contributed by atoms with Gasteiger partial charge in [-0.15, -0.1) is 0 Å². The number of carbonyl (C=O) groups is 2. The van der Waals surface area contributed by atoms with E-state index in [2.05, 4.69) is 17.0 Å². The molecule has 6 heteroatoms. The first-order chi connectivity index (χ1) is 13.5. The standard InChI is InChI=1S/C22H26FN3O2/c1-18(27)26(12-11-19-7-9-20(23)10-8-19)17-22(28)25-15-13-24(14-16-25)21-5-3-2-4-6-21/h2-10H,11-17H2,1H3. The van der Waals surface area contributed by atoms with E-state index in [1.54, 1.807) is 17.0 Å². The summed E-state index contributed by atoms with van der Waals surface area (Å²) in [5, 5.41) is 0. The van der Waals surface area contributed by atoms with Crippen LogP contribution in [0.2, 0.25) is 0 Å². The van der Waals surface area contributed by atoms with Crippen molar-refractivity contribution in [3.05, 3.63) is 66.0 Å². The zero-order chi connectivity index (χ0) is 19.9. The molecule has 1 saturated heterocycles. The number of rotatable bonds is 6. The predicted octanol–water partition coefficient (Wildman–Crippen LogP) is 2.57. The van der Waals surface area contributed by atoms with Gasteiger partial charge in [0.05, 0.1) is 6.54 Å². The van der Waals surface area contributed by atoms with Crippen LogP contribution >= 0.6 is 0 Å². The number of piperazine rings is 1. The van der Waals surface area contributed by atoms with Crippen LogP contribution in [0.4, 0.5) is 10.1 Å². The molecule has 3 rings (SSSR count). The first-order valence-electron chi connectivity index (χ1n) is 9.60. The molecule has 148 valence electrons. The van der Waals surface area contributed by atoms with Crippen LogP contribution in [0.1, 0.15) is 12.5 Å². The van der Waals surface area contributed by atoms with E-state index in [0.29, 0.717) is 26.1 Å².